The normalized spacial score (nSPS) is 12.9. The van der Waals surface area contributed by atoms with E-state index in [1.807, 2.05) is 11.8 Å². The van der Waals surface area contributed by atoms with Crippen molar-refractivity contribution < 1.29 is 0 Å². The summed E-state index contributed by atoms with van der Waals surface area (Å²) in [6, 6.07) is 88.4. The minimum Gasteiger partial charge on any atom is -0.236 e. The quantitative estimate of drug-likeness (QED) is 0.149. The minimum absolute atomic E-state index is 0.581. The van der Waals surface area contributed by atoms with E-state index in [-0.39, 0.29) is 0 Å². The Morgan fingerprint density at radius 1 is 0.329 bits per heavy atom. The predicted octanol–water partition coefficient (Wildman–Crippen LogP) is 17.8. The molecule has 4 heteroatoms. The van der Waals surface area contributed by atoms with Crippen LogP contribution in [0.4, 0.5) is 0 Å². The maximum Gasteiger partial charge on any atom is 0.160 e. The molecule has 0 amide bonds. The summed E-state index contributed by atoms with van der Waals surface area (Å²) in [6.07, 6.45) is 2.14. The second-order valence-corrected chi connectivity index (χ2v) is 20.1. The zero-order chi connectivity index (χ0) is 46.6. The average molecular weight is 929 g/mol. The van der Waals surface area contributed by atoms with Gasteiger partial charge in [-0.15, -0.1) is 0 Å². The summed E-state index contributed by atoms with van der Waals surface area (Å²) in [7, 11) is 0. The molecule has 11 aromatic rings. The molecular weight excluding hydrogens is 885 g/mol. The van der Waals surface area contributed by atoms with Gasteiger partial charge in [0.1, 0.15) is 5.03 Å². The maximum atomic E-state index is 5.66. The van der Waals surface area contributed by atoms with Gasteiger partial charge < -0.3 is 0 Å². The third-order valence-electron chi connectivity index (χ3n) is 14.0. The van der Waals surface area contributed by atoms with Crippen LogP contribution in [0.15, 0.2) is 269 Å². The highest BCUT2D eigenvalue weighted by atomic mass is 32.2. The van der Waals surface area contributed by atoms with E-state index in [9.17, 15) is 0 Å². The summed E-state index contributed by atoms with van der Waals surface area (Å²) >= 11 is 3.61. The first-order valence-corrected chi connectivity index (χ1v) is 25.4. The van der Waals surface area contributed by atoms with E-state index in [1.165, 1.54) is 59.2 Å². The first-order valence-electron chi connectivity index (χ1n) is 23.8. The Morgan fingerprint density at radius 3 is 1.07 bits per heavy atom. The monoisotopic (exact) mass is 928 g/mol. The van der Waals surface area contributed by atoms with Crippen molar-refractivity contribution in [1.82, 2.24) is 9.97 Å². The van der Waals surface area contributed by atoms with E-state index in [0.717, 1.165) is 60.7 Å². The van der Waals surface area contributed by atoms with Crippen LogP contribution in [-0.2, 0) is 5.41 Å². The number of hydrogen-bond acceptors (Lipinski definition) is 4. The molecule has 2 aliphatic heterocycles. The highest BCUT2D eigenvalue weighted by Crippen LogP contribution is 2.62. The van der Waals surface area contributed by atoms with Gasteiger partial charge in [0, 0.05) is 32.0 Å². The van der Waals surface area contributed by atoms with Crippen LogP contribution >= 0.6 is 23.5 Å². The summed E-state index contributed by atoms with van der Waals surface area (Å²) in [5.74, 6) is 0.710. The Labute approximate surface area is 417 Å². The van der Waals surface area contributed by atoms with Crippen LogP contribution in [-0.4, -0.2) is 9.97 Å². The summed E-state index contributed by atoms with van der Waals surface area (Å²) in [4.78, 5) is 14.8. The van der Waals surface area contributed by atoms with Crippen LogP contribution in [0.1, 0.15) is 27.8 Å². The Morgan fingerprint density at radius 2 is 0.671 bits per heavy atom. The van der Waals surface area contributed by atoms with Crippen molar-refractivity contribution in [3.63, 3.8) is 0 Å². The zero-order valence-corrected chi connectivity index (χ0v) is 40.0. The molecule has 70 heavy (non-hydrogen) atoms. The molecule has 330 valence electrons. The van der Waals surface area contributed by atoms with Crippen molar-refractivity contribution in [3.8, 4) is 78.1 Å². The molecule has 10 aromatic carbocycles. The van der Waals surface area contributed by atoms with Gasteiger partial charge in [-0.05, 0) is 120 Å². The largest absolute Gasteiger partial charge is 0.236 e. The van der Waals surface area contributed by atoms with Gasteiger partial charge in [-0.3, -0.25) is 0 Å². The lowest BCUT2D eigenvalue weighted by molar-refractivity contribution is 0.651. The number of fused-ring (bicyclic) bond motifs is 8. The molecule has 3 heterocycles. The molecule has 1 aromatic heterocycles. The second kappa shape index (κ2) is 17.5. The molecule has 0 saturated heterocycles. The van der Waals surface area contributed by atoms with Gasteiger partial charge >= 0.3 is 0 Å². The number of benzene rings is 10. The molecule has 0 bridgehead atoms. The van der Waals surface area contributed by atoms with Crippen LogP contribution in [0.3, 0.4) is 0 Å². The van der Waals surface area contributed by atoms with Crippen molar-refractivity contribution in [2.75, 3.05) is 0 Å². The third kappa shape index (κ3) is 6.81. The molecule has 0 unspecified atom stereocenters. The van der Waals surface area contributed by atoms with Gasteiger partial charge in [0.25, 0.3) is 0 Å². The van der Waals surface area contributed by atoms with E-state index in [1.54, 1.807) is 11.8 Å². The van der Waals surface area contributed by atoms with Gasteiger partial charge in [0.15, 0.2) is 5.82 Å². The van der Waals surface area contributed by atoms with Gasteiger partial charge in [0.2, 0.25) is 0 Å². The highest BCUT2D eigenvalue weighted by Gasteiger charge is 2.49. The van der Waals surface area contributed by atoms with Gasteiger partial charge in [-0.1, -0.05) is 242 Å². The van der Waals surface area contributed by atoms with Gasteiger partial charge in [-0.2, -0.15) is 0 Å². The van der Waals surface area contributed by atoms with Crippen molar-refractivity contribution in [3.05, 3.63) is 277 Å². The number of aromatic nitrogens is 2. The van der Waals surface area contributed by atoms with Crippen molar-refractivity contribution >= 4 is 23.5 Å². The lowest BCUT2D eigenvalue weighted by Gasteiger charge is -2.44. The first-order chi connectivity index (χ1) is 34.7. The van der Waals surface area contributed by atoms with Crippen molar-refractivity contribution in [2.45, 2.75) is 32.1 Å². The average Bonchev–Trinajstić information content (AvgIpc) is 3.43. The summed E-state index contributed by atoms with van der Waals surface area (Å²) in [5.41, 5.74) is 20.4. The van der Waals surface area contributed by atoms with Gasteiger partial charge in [0.05, 0.1) is 5.41 Å². The molecule has 2 aliphatic rings. The van der Waals surface area contributed by atoms with Crippen LogP contribution in [0.5, 0.6) is 0 Å². The Hall–Kier alpha value is -8.02. The molecule has 0 radical (unpaired) electrons. The highest BCUT2D eigenvalue weighted by molar-refractivity contribution is 7.99. The SMILES string of the molecule is Cc1ccc(-c2c(-c3ccccc3)c(-c3ccccc3)c(-c3ccccc3)c(-c3ccccc3)c2-c2ccccc2)cc1-c1ncc2c(n1)Sc1ccccc1C21c2ccccc2Sc2ccccc21. The van der Waals surface area contributed by atoms with E-state index >= 15 is 0 Å². The molecule has 13 rings (SSSR count). The molecule has 0 N–H and O–H groups in total. The van der Waals surface area contributed by atoms with Crippen LogP contribution in [0.2, 0.25) is 0 Å². The first kappa shape index (κ1) is 42.1. The van der Waals surface area contributed by atoms with Crippen LogP contribution in [0.25, 0.3) is 78.1 Å². The van der Waals surface area contributed by atoms with Crippen molar-refractivity contribution in [1.29, 1.82) is 0 Å². The molecule has 1 spiro atoms. The predicted molar refractivity (Wildman–Crippen MR) is 291 cm³/mol. The fourth-order valence-electron chi connectivity index (χ4n) is 11.0. The zero-order valence-electron chi connectivity index (χ0n) is 38.4. The fourth-order valence-corrected chi connectivity index (χ4v) is 13.4. The topological polar surface area (TPSA) is 25.8 Å². The van der Waals surface area contributed by atoms with E-state index < -0.39 is 5.41 Å². The van der Waals surface area contributed by atoms with E-state index in [0.29, 0.717) is 5.82 Å². The Bertz CT molecular complexity index is 3590. The lowest BCUT2D eigenvalue weighted by Crippen LogP contribution is -2.37. The summed E-state index contributed by atoms with van der Waals surface area (Å²) in [5, 5.41) is 0.977. The van der Waals surface area contributed by atoms with Crippen LogP contribution < -0.4 is 0 Å². The van der Waals surface area contributed by atoms with Crippen LogP contribution in [0, 0.1) is 6.92 Å². The fraction of sp³-hybridized carbons (Fsp3) is 0.0303. The molecule has 2 nitrogen and oxygen atoms in total. The Balaban J connectivity index is 1.12. The standard InChI is InChI=1S/C66H44N2S2/c1-43-39-40-49(41-50(43)64-67-42-54-65(68-64)70-57-38-22-19-35-53(57)66(54)51-33-17-20-36-55(51)69-56-37-21-18-34-52(56)66)63-61(47-29-13-5-14-30-47)59(45-25-9-3-10-26-45)58(44-23-7-2-8-24-44)60(46-27-11-4-12-28-46)62(63)48-31-15-6-16-32-48/h2-42H,1H3. The minimum atomic E-state index is -0.581. The summed E-state index contributed by atoms with van der Waals surface area (Å²) < 4.78 is 0. The van der Waals surface area contributed by atoms with Gasteiger partial charge in [-0.25, -0.2) is 9.97 Å². The number of aryl methyl sites for hydroxylation is 1. The maximum absolute atomic E-state index is 5.66. The lowest BCUT2D eigenvalue weighted by atomic mass is 9.65. The Kier molecular flexibility index (Phi) is 10.5. The number of hydrogen-bond donors (Lipinski definition) is 0. The molecular formula is C66H44N2S2. The smallest absolute Gasteiger partial charge is 0.160 e. The molecule has 0 fully saturated rings. The van der Waals surface area contributed by atoms with E-state index in [2.05, 4.69) is 256 Å². The van der Waals surface area contributed by atoms with Crippen molar-refractivity contribution in [2.24, 2.45) is 0 Å². The molecule has 0 atom stereocenters. The van der Waals surface area contributed by atoms with E-state index in [4.69, 9.17) is 9.97 Å². The third-order valence-corrected chi connectivity index (χ3v) is 16.3. The molecule has 0 aliphatic carbocycles. The molecule has 0 saturated carbocycles. The summed E-state index contributed by atoms with van der Waals surface area (Å²) in [6.45, 7) is 2.19. The number of rotatable bonds is 7. The number of nitrogens with zero attached hydrogens (tertiary/aromatic N) is 2. The second-order valence-electron chi connectivity index (χ2n) is 18.0.